The molecular formula is C15H23Cl2N2+. The zero-order valence-corrected chi connectivity index (χ0v) is 13.2. The van der Waals surface area contributed by atoms with Gasteiger partial charge in [-0.2, -0.15) is 0 Å². The molecule has 2 nitrogen and oxygen atoms in total. The molecule has 2 N–H and O–H groups in total. The average molecular weight is 302 g/mol. The molecule has 1 aromatic rings. The van der Waals surface area contributed by atoms with Crippen LogP contribution < -0.4 is 5.73 Å². The van der Waals surface area contributed by atoms with E-state index in [0.717, 1.165) is 34.2 Å². The Balaban J connectivity index is 2.22. The molecule has 0 aromatic heterocycles. The molecule has 1 fully saturated rings. The second-order valence-corrected chi connectivity index (χ2v) is 6.92. The van der Waals surface area contributed by atoms with Gasteiger partial charge in [0.1, 0.15) is 6.54 Å². The molecule has 0 amide bonds. The van der Waals surface area contributed by atoms with E-state index in [4.69, 9.17) is 28.9 Å². The summed E-state index contributed by atoms with van der Waals surface area (Å²) in [6.45, 7) is 8.75. The quantitative estimate of drug-likeness (QED) is 0.843. The Bertz CT molecular complexity index is 428. The van der Waals surface area contributed by atoms with Crippen molar-refractivity contribution in [1.29, 1.82) is 0 Å². The number of halogens is 2. The molecule has 4 heteroatoms. The van der Waals surface area contributed by atoms with Crippen molar-refractivity contribution in [1.82, 2.24) is 0 Å². The SMILES string of the molecule is CC(C)[N+]1(Cc2cc(Cl)cc(Cl)c2)CC[C@H](CN)C1. The third-order valence-corrected chi connectivity index (χ3v) is 4.89. The maximum atomic E-state index is 6.11. The summed E-state index contributed by atoms with van der Waals surface area (Å²) >= 11 is 12.2. The number of nitrogens with zero attached hydrogens (tertiary/aromatic N) is 1. The molecule has 1 aliphatic rings. The predicted molar refractivity (Wildman–Crippen MR) is 82.5 cm³/mol. The number of hydrogen-bond donors (Lipinski definition) is 1. The molecule has 0 aliphatic carbocycles. The molecule has 0 saturated carbocycles. The Morgan fingerprint density at radius 3 is 2.37 bits per heavy atom. The third kappa shape index (κ3) is 3.43. The van der Waals surface area contributed by atoms with Crippen LogP contribution in [0.2, 0.25) is 10.0 Å². The highest BCUT2D eigenvalue weighted by atomic mass is 35.5. The van der Waals surface area contributed by atoms with Crippen molar-refractivity contribution in [3.63, 3.8) is 0 Å². The third-order valence-electron chi connectivity index (χ3n) is 4.45. The van der Waals surface area contributed by atoms with Crippen LogP contribution in [0.15, 0.2) is 18.2 Å². The molecule has 1 unspecified atom stereocenters. The summed E-state index contributed by atoms with van der Waals surface area (Å²) in [4.78, 5) is 0. The van der Waals surface area contributed by atoms with Gasteiger partial charge in [-0.25, -0.2) is 0 Å². The Labute approximate surface area is 126 Å². The fourth-order valence-corrected chi connectivity index (χ4v) is 3.76. The van der Waals surface area contributed by atoms with Gasteiger partial charge in [0.15, 0.2) is 0 Å². The fourth-order valence-electron chi connectivity index (χ4n) is 3.19. The Morgan fingerprint density at radius 1 is 1.26 bits per heavy atom. The lowest BCUT2D eigenvalue weighted by Gasteiger charge is -2.39. The van der Waals surface area contributed by atoms with Crippen molar-refractivity contribution in [2.45, 2.75) is 32.9 Å². The van der Waals surface area contributed by atoms with Gasteiger partial charge in [-0.1, -0.05) is 23.2 Å². The van der Waals surface area contributed by atoms with E-state index in [1.54, 1.807) is 6.07 Å². The van der Waals surface area contributed by atoms with Crippen molar-refractivity contribution < 1.29 is 4.48 Å². The fraction of sp³-hybridized carbons (Fsp3) is 0.600. The summed E-state index contributed by atoms with van der Waals surface area (Å²) in [5.41, 5.74) is 7.07. The van der Waals surface area contributed by atoms with Crippen LogP contribution in [-0.2, 0) is 6.54 Å². The first-order valence-corrected chi connectivity index (χ1v) is 7.71. The van der Waals surface area contributed by atoms with Crippen molar-refractivity contribution in [2.75, 3.05) is 19.6 Å². The highest BCUT2D eigenvalue weighted by molar-refractivity contribution is 6.34. The number of nitrogens with two attached hydrogens (primary N) is 1. The van der Waals surface area contributed by atoms with Crippen molar-refractivity contribution in [3.05, 3.63) is 33.8 Å². The van der Waals surface area contributed by atoms with E-state index in [0.29, 0.717) is 12.0 Å². The Hall–Kier alpha value is -0.280. The first-order valence-electron chi connectivity index (χ1n) is 6.96. The number of quaternary nitrogens is 1. The molecule has 106 valence electrons. The lowest BCUT2D eigenvalue weighted by molar-refractivity contribution is -0.950. The predicted octanol–water partition coefficient (Wildman–Crippen LogP) is 3.70. The number of hydrogen-bond acceptors (Lipinski definition) is 1. The van der Waals surface area contributed by atoms with Gasteiger partial charge >= 0.3 is 0 Å². The van der Waals surface area contributed by atoms with E-state index in [2.05, 4.69) is 13.8 Å². The molecule has 0 bridgehead atoms. The van der Waals surface area contributed by atoms with Crippen molar-refractivity contribution in [3.8, 4) is 0 Å². The summed E-state index contributed by atoms with van der Waals surface area (Å²) in [6.07, 6.45) is 1.23. The highest BCUT2D eigenvalue weighted by Crippen LogP contribution is 2.31. The summed E-state index contributed by atoms with van der Waals surface area (Å²) in [5, 5.41) is 1.44. The smallest absolute Gasteiger partial charge is 0.105 e. The normalized spacial score (nSPS) is 27.2. The number of benzene rings is 1. The standard InChI is InChI=1S/C15H23Cl2N2/c1-11(2)19(4-3-12(8-18)9-19)10-13-5-14(16)7-15(17)6-13/h5-7,11-12H,3-4,8-10,18H2,1-2H3/q+1/t12-,19?/m1/s1. The van der Waals surface area contributed by atoms with Gasteiger partial charge in [0.2, 0.25) is 0 Å². The molecule has 2 rings (SSSR count). The summed E-state index contributed by atoms with van der Waals surface area (Å²) in [7, 11) is 0. The molecule has 1 saturated heterocycles. The van der Waals surface area contributed by atoms with Crippen LogP contribution >= 0.6 is 23.2 Å². The van der Waals surface area contributed by atoms with E-state index in [9.17, 15) is 0 Å². The van der Waals surface area contributed by atoms with Gasteiger partial charge in [0.25, 0.3) is 0 Å². The van der Waals surface area contributed by atoms with E-state index in [-0.39, 0.29) is 0 Å². The van der Waals surface area contributed by atoms with Crippen LogP contribution in [0.1, 0.15) is 25.8 Å². The first kappa shape index (κ1) is 15.1. The van der Waals surface area contributed by atoms with E-state index < -0.39 is 0 Å². The molecule has 0 radical (unpaired) electrons. The number of rotatable bonds is 4. The minimum Gasteiger partial charge on any atom is -0.330 e. The topological polar surface area (TPSA) is 26.0 Å². The van der Waals surface area contributed by atoms with Crippen LogP contribution in [-0.4, -0.2) is 30.2 Å². The zero-order valence-electron chi connectivity index (χ0n) is 11.7. The molecule has 0 spiro atoms. The molecule has 1 heterocycles. The summed E-state index contributed by atoms with van der Waals surface area (Å²) < 4.78 is 1.10. The minimum atomic E-state index is 0.592. The molecular weight excluding hydrogens is 279 g/mol. The van der Waals surface area contributed by atoms with Crippen LogP contribution in [0, 0.1) is 5.92 Å². The van der Waals surface area contributed by atoms with Crippen LogP contribution in [0.5, 0.6) is 0 Å². The Morgan fingerprint density at radius 2 is 1.89 bits per heavy atom. The maximum absolute atomic E-state index is 6.11. The summed E-state index contributed by atoms with van der Waals surface area (Å²) in [6, 6.07) is 6.45. The van der Waals surface area contributed by atoms with Gasteiger partial charge in [-0.15, -0.1) is 0 Å². The second-order valence-electron chi connectivity index (χ2n) is 6.04. The van der Waals surface area contributed by atoms with Gasteiger partial charge in [0.05, 0.1) is 19.1 Å². The first-order chi connectivity index (χ1) is 8.95. The second kappa shape index (κ2) is 6.01. The van der Waals surface area contributed by atoms with E-state index in [1.165, 1.54) is 18.5 Å². The number of likely N-dealkylation sites (tertiary alicyclic amines) is 1. The zero-order chi connectivity index (χ0) is 14.0. The lowest BCUT2D eigenvalue weighted by Crippen LogP contribution is -2.50. The van der Waals surface area contributed by atoms with Crippen LogP contribution in [0.25, 0.3) is 0 Å². The van der Waals surface area contributed by atoms with Crippen molar-refractivity contribution >= 4 is 23.2 Å². The monoisotopic (exact) mass is 301 g/mol. The van der Waals surface area contributed by atoms with Gasteiger partial charge < -0.3 is 10.2 Å². The average Bonchev–Trinajstić information content (AvgIpc) is 2.72. The molecule has 19 heavy (non-hydrogen) atoms. The van der Waals surface area contributed by atoms with Crippen LogP contribution in [0.3, 0.4) is 0 Å². The van der Waals surface area contributed by atoms with Crippen LogP contribution in [0.4, 0.5) is 0 Å². The lowest BCUT2D eigenvalue weighted by atomic mass is 10.1. The highest BCUT2D eigenvalue weighted by Gasteiger charge is 2.40. The van der Waals surface area contributed by atoms with Gasteiger partial charge in [-0.05, 0) is 32.0 Å². The minimum absolute atomic E-state index is 0.592. The van der Waals surface area contributed by atoms with E-state index in [1.807, 2.05) is 12.1 Å². The Kier molecular flexibility index (Phi) is 4.78. The molecule has 1 aromatic carbocycles. The van der Waals surface area contributed by atoms with Gasteiger partial charge in [0, 0.05) is 34.5 Å². The largest absolute Gasteiger partial charge is 0.330 e. The maximum Gasteiger partial charge on any atom is 0.105 e. The van der Waals surface area contributed by atoms with Gasteiger partial charge in [-0.3, -0.25) is 0 Å². The molecule has 1 aliphatic heterocycles. The van der Waals surface area contributed by atoms with E-state index >= 15 is 0 Å². The summed E-state index contributed by atoms with van der Waals surface area (Å²) in [5.74, 6) is 0.650. The molecule has 2 atom stereocenters. The van der Waals surface area contributed by atoms with Crippen molar-refractivity contribution in [2.24, 2.45) is 11.7 Å².